The van der Waals surface area contributed by atoms with Gasteiger partial charge in [0.1, 0.15) is 6.54 Å². The van der Waals surface area contributed by atoms with E-state index in [0.717, 1.165) is 19.3 Å². The van der Waals surface area contributed by atoms with Gasteiger partial charge >= 0.3 is 7.60 Å². The van der Waals surface area contributed by atoms with Crippen LogP contribution in [0.15, 0.2) is 12.2 Å². The van der Waals surface area contributed by atoms with Crippen molar-refractivity contribution in [2.75, 3.05) is 27.7 Å². The van der Waals surface area contributed by atoms with Crippen LogP contribution < -0.4 is 0 Å². The van der Waals surface area contributed by atoms with Crippen LogP contribution in [-0.2, 0) is 4.57 Å². The molecule has 0 aliphatic rings. The van der Waals surface area contributed by atoms with E-state index in [1.165, 1.54) is 51.4 Å². The summed E-state index contributed by atoms with van der Waals surface area (Å²) in [6, 6.07) is 0. The summed E-state index contributed by atoms with van der Waals surface area (Å²) in [4.78, 5) is 19.1. The summed E-state index contributed by atoms with van der Waals surface area (Å²) in [6.45, 7) is 2.29. The Kier molecular flexibility index (Phi) is 13.8. The third-order valence-electron chi connectivity index (χ3n) is 4.86. The van der Waals surface area contributed by atoms with Crippen LogP contribution in [0.25, 0.3) is 0 Å². The summed E-state index contributed by atoms with van der Waals surface area (Å²) in [6.07, 6.45) is 18.6. The molecule has 0 rings (SSSR count). The minimum Gasteiger partial charge on any atom is -0.373 e. The zero-order valence-corrected chi connectivity index (χ0v) is 19.1. The van der Waals surface area contributed by atoms with Crippen molar-refractivity contribution in [3.8, 4) is 0 Å². The molecule has 0 aromatic rings. The van der Waals surface area contributed by atoms with Crippen molar-refractivity contribution in [3.63, 3.8) is 0 Å². The number of aliphatic hydroxyl groups is 1. The maximum Gasteiger partial charge on any atom is 0.362 e. The highest BCUT2D eigenvalue weighted by Gasteiger charge is 2.48. The average Bonchev–Trinajstić information content (AvgIpc) is 2.52. The molecule has 3 N–H and O–H groups in total. The van der Waals surface area contributed by atoms with Crippen LogP contribution in [0.1, 0.15) is 90.4 Å². The zero-order valence-electron chi connectivity index (χ0n) is 18.2. The first-order valence-corrected chi connectivity index (χ1v) is 12.4. The molecule has 6 heteroatoms. The molecular weight excluding hydrogens is 361 g/mol. The molecule has 0 heterocycles. The Morgan fingerprint density at radius 1 is 0.815 bits per heavy atom. The highest BCUT2D eigenvalue weighted by atomic mass is 31.2. The van der Waals surface area contributed by atoms with Crippen molar-refractivity contribution in [1.29, 1.82) is 0 Å². The highest BCUT2D eigenvalue weighted by Crippen LogP contribution is 2.52. The minimum absolute atomic E-state index is 0.0588. The van der Waals surface area contributed by atoms with Gasteiger partial charge in [-0.15, -0.1) is 0 Å². The van der Waals surface area contributed by atoms with Crippen LogP contribution in [0, 0.1) is 0 Å². The fraction of sp³-hybridized carbons (Fsp3) is 0.905. The summed E-state index contributed by atoms with van der Waals surface area (Å²) >= 11 is 0. The Labute approximate surface area is 167 Å². The van der Waals surface area contributed by atoms with Crippen LogP contribution >= 0.6 is 7.60 Å². The van der Waals surface area contributed by atoms with E-state index in [9.17, 15) is 19.5 Å². The molecule has 27 heavy (non-hydrogen) atoms. The molecular formula is C21H45NO4P+. The smallest absolute Gasteiger partial charge is 0.362 e. The number of likely N-dealkylation sites (N-methyl/N-ethyl adjacent to an activating group) is 1. The second-order valence-corrected chi connectivity index (χ2v) is 10.9. The summed E-state index contributed by atoms with van der Waals surface area (Å²) in [5, 5.41) is 8.58. The minimum atomic E-state index is -4.54. The van der Waals surface area contributed by atoms with Gasteiger partial charge in [-0.05, 0) is 38.5 Å². The van der Waals surface area contributed by atoms with E-state index >= 15 is 0 Å². The van der Waals surface area contributed by atoms with E-state index < -0.39 is 12.9 Å². The number of rotatable bonds is 17. The standard InChI is InChI=1S/C21H44NO4P/c1-5-6-7-8-9-10-11-12-13-14-15-16-17-18-19-21(23,27(24,25)26)20-22(2,3)4/h9-10,23H,5-8,11-20H2,1-4H3,(H-,24,25,26)/p+1/b10-9-. The van der Waals surface area contributed by atoms with Gasteiger partial charge in [-0.1, -0.05) is 64.0 Å². The van der Waals surface area contributed by atoms with Gasteiger partial charge in [-0.2, -0.15) is 0 Å². The first kappa shape index (κ1) is 26.8. The van der Waals surface area contributed by atoms with Gasteiger partial charge in [0.05, 0.1) is 21.1 Å². The van der Waals surface area contributed by atoms with Crippen molar-refractivity contribution in [2.24, 2.45) is 0 Å². The second kappa shape index (κ2) is 13.9. The third-order valence-corrected chi connectivity index (χ3v) is 6.31. The van der Waals surface area contributed by atoms with E-state index in [4.69, 9.17) is 0 Å². The number of nitrogens with zero attached hydrogens (tertiary/aromatic N) is 1. The van der Waals surface area contributed by atoms with Crippen LogP contribution in [-0.4, -0.2) is 52.4 Å². The predicted octanol–water partition coefficient (Wildman–Crippen LogP) is 5.21. The lowest BCUT2D eigenvalue weighted by molar-refractivity contribution is -0.875. The van der Waals surface area contributed by atoms with Gasteiger partial charge in [-0.3, -0.25) is 4.57 Å². The zero-order chi connectivity index (χ0) is 20.8. The molecule has 0 aromatic heterocycles. The molecule has 0 amide bonds. The molecule has 0 aliphatic heterocycles. The molecule has 162 valence electrons. The fourth-order valence-corrected chi connectivity index (χ4v) is 4.44. The van der Waals surface area contributed by atoms with Crippen molar-refractivity contribution < 1.29 is 23.9 Å². The summed E-state index contributed by atoms with van der Waals surface area (Å²) < 4.78 is 12.1. The van der Waals surface area contributed by atoms with Crippen LogP contribution in [0.5, 0.6) is 0 Å². The molecule has 0 fully saturated rings. The Balaban J connectivity index is 3.79. The first-order valence-electron chi connectivity index (χ1n) is 10.8. The molecule has 0 saturated carbocycles. The quantitative estimate of drug-likeness (QED) is 0.134. The van der Waals surface area contributed by atoms with Crippen molar-refractivity contribution in [2.45, 2.75) is 95.7 Å². The average molecular weight is 407 g/mol. The largest absolute Gasteiger partial charge is 0.373 e. The van der Waals surface area contributed by atoms with Crippen LogP contribution in [0.4, 0.5) is 0 Å². The Bertz CT molecular complexity index is 442. The molecule has 0 aliphatic carbocycles. The van der Waals surface area contributed by atoms with Crippen molar-refractivity contribution in [1.82, 2.24) is 0 Å². The molecule has 5 nitrogen and oxygen atoms in total. The molecule has 0 spiro atoms. The Morgan fingerprint density at radius 2 is 1.26 bits per heavy atom. The van der Waals surface area contributed by atoms with E-state index in [1.807, 2.05) is 21.1 Å². The van der Waals surface area contributed by atoms with Crippen molar-refractivity contribution >= 4 is 7.60 Å². The maximum atomic E-state index is 11.7. The second-order valence-electron chi connectivity index (χ2n) is 8.96. The van der Waals surface area contributed by atoms with Gasteiger partial charge < -0.3 is 19.4 Å². The van der Waals surface area contributed by atoms with E-state index in [2.05, 4.69) is 19.1 Å². The molecule has 1 unspecified atom stereocenters. The van der Waals surface area contributed by atoms with Crippen molar-refractivity contribution in [3.05, 3.63) is 12.2 Å². The normalized spacial score (nSPS) is 15.4. The lowest BCUT2D eigenvalue weighted by Crippen LogP contribution is -2.49. The lowest BCUT2D eigenvalue weighted by Gasteiger charge is -2.35. The van der Waals surface area contributed by atoms with Crippen LogP contribution in [0.2, 0.25) is 0 Å². The number of hydrogen-bond donors (Lipinski definition) is 3. The van der Waals surface area contributed by atoms with Gasteiger partial charge in [0.2, 0.25) is 5.34 Å². The number of unbranched alkanes of at least 4 members (excludes halogenated alkanes) is 10. The first-order chi connectivity index (χ1) is 12.5. The third kappa shape index (κ3) is 14.5. The molecule has 0 saturated heterocycles. The van der Waals surface area contributed by atoms with E-state index in [1.54, 1.807) is 0 Å². The molecule has 0 radical (unpaired) electrons. The lowest BCUT2D eigenvalue weighted by atomic mass is 10.0. The summed E-state index contributed by atoms with van der Waals surface area (Å²) in [7, 11) is 0.966. The predicted molar refractivity (Wildman–Crippen MR) is 115 cm³/mol. The van der Waals surface area contributed by atoms with Gasteiger partial charge in [0.15, 0.2) is 0 Å². The SMILES string of the molecule is CCCCC/C=C\CCCCCCCCCC(O)(C[N+](C)(C)C)P(=O)(O)O. The highest BCUT2D eigenvalue weighted by molar-refractivity contribution is 7.53. The summed E-state index contributed by atoms with van der Waals surface area (Å²) in [5.74, 6) is 0. The summed E-state index contributed by atoms with van der Waals surface area (Å²) in [5.41, 5.74) is 0. The van der Waals surface area contributed by atoms with Gasteiger partial charge in [-0.25, -0.2) is 0 Å². The van der Waals surface area contributed by atoms with E-state index in [-0.39, 0.29) is 13.0 Å². The fourth-order valence-electron chi connectivity index (χ4n) is 3.38. The molecule has 0 aromatic carbocycles. The Morgan fingerprint density at radius 3 is 1.70 bits per heavy atom. The van der Waals surface area contributed by atoms with Gasteiger partial charge in [0.25, 0.3) is 0 Å². The van der Waals surface area contributed by atoms with E-state index in [0.29, 0.717) is 10.9 Å². The number of allylic oxidation sites excluding steroid dienone is 2. The van der Waals surface area contributed by atoms with Crippen LogP contribution in [0.3, 0.4) is 0 Å². The molecule has 0 bridgehead atoms. The Hall–Kier alpha value is -0.190. The number of hydrogen-bond acceptors (Lipinski definition) is 2. The molecule has 1 atom stereocenters. The number of quaternary nitrogens is 1. The maximum absolute atomic E-state index is 11.7. The monoisotopic (exact) mass is 406 g/mol. The topological polar surface area (TPSA) is 77.8 Å². The van der Waals surface area contributed by atoms with Gasteiger partial charge in [0, 0.05) is 0 Å².